The quantitative estimate of drug-likeness (QED) is 0.0391. The second-order valence-corrected chi connectivity index (χ2v) is 30.5. The van der Waals surface area contributed by atoms with Crippen molar-refractivity contribution in [3.63, 3.8) is 0 Å². The lowest BCUT2D eigenvalue weighted by Crippen LogP contribution is -2.40. The fourth-order valence-corrected chi connectivity index (χ4v) is 14.4. The van der Waals surface area contributed by atoms with Crippen LogP contribution in [0.15, 0.2) is 0 Å². The van der Waals surface area contributed by atoms with E-state index >= 15 is 0 Å². The fraction of sp³-hybridized carbons (Fsp3) is 1.00. The Balaban J connectivity index is 4.88. The van der Waals surface area contributed by atoms with Crippen LogP contribution in [0.4, 0.5) is 0 Å². The van der Waals surface area contributed by atoms with Crippen molar-refractivity contribution in [3.05, 3.63) is 0 Å². The zero-order chi connectivity index (χ0) is 65.2. The van der Waals surface area contributed by atoms with Crippen LogP contribution in [0, 0.1) is 11.8 Å². The Morgan fingerprint density at radius 3 is 0.889 bits per heavy atom. The first-order valence-corrected chi connectivity index (χ1v) is 42.6. The molecule has 5 unspecified atom stereocenters. The van der Waals surface area contributed by atoms with Gasteiger partial charge in [0.25, 0.3) is 0 Å². The molecule has 0 aromatic rings. The first-order valence-electron chi connectivity index (χ1n) is 42.6. The maximum atomic E-state index is 11.5. The Bertz CT molecular complexity index is 1180. The molecule has 90 heavy (non-hydrogen) atoms. The van der Waals surface area contributed by atoms with Crippen LogP contribution in [-0.2, 0) is 0 Å². The van der Waals surface area contributed by atoms with Gasteiger partial charge in [0.1, 0.15) is 0 Å². The standard InChI is InChI=1S/C84H174N4O2/c1-7-11-15-19-23-27-31-35-37-39-40-42-44-48-52-56-60-66-80(5)69-72-85-77-83(89)76-82(67-61-57-53-49-45-33-29-25-21-17-13-9-3)68-62-65-75-88(74-64-59-55-51-47-34-30-26-22-18-14-10-4)79-84(90)78-86-73-70-81(6)87-71-63-58-54-50-46-43-41-38-36-32-28-24-20-16-12-8-2/h80-87,89-90H,7-79H2,1-6H3. The molecule has 5 atom stereocenters. The SMILES string of the molecule is CCCCCCCCCCCCCCCCCCCC(C)CCNCC(O)CC(CCCCCCCCCCCCCC)CCCCN(CCCCCCCCCCCCCC)CC(O)CNCCC(C)NCCCCCCCCCCCCCCCCCC. The van der Waals surface area contributed by atoms with Crippen molar-refractivity contribution in [1.29, 1.82) is 0 Å². The van der Waals surface area contributed by atoms with E-state index in [9.17, 15) is 10.2 Å². The van der Waals surface area contributed by atoms with Gasteiger partial charge in [-0.05, 0) is 90.0 Å². The molecule has 0 spiro atoms. The largest absolute Gasteiger partial charge is 0.392 e. The molecule has 0 aromatic carbocycles. The third-order valence-corrected chi connectivity index (χ3v) is 20.9. The molecule has 0 heterocycles. The molecule has 0 aliphatic carbocycles. The van der Waals surface area contributed by atoms with Gasteiger partial charge in [0.2, 0.25) is 0 Å². The molecule has 0 amide bonds. The first kappa shape index (κ1) is 89.8. The van der Waals surface area contributed by atoms with Gasteiger partial charge in [-0.2, -0.15) is 0 Å². The van der Waals surface area contributed by atoms with Crippen LogP contribution >= 0.6 is 0 Å². The Morgan fingerprint density at radius 1 is 0.267 bits per heavy atom. The molecule has 0 rings (SSSR count). The number of hydrogen-bond donors (Lipinski definition) is 5. The van der Waals surface area contributed by atoms with E-state index in [2.05, 4.69) is 62.4 Å². The zero-order valence-corrected chi connectivity index (χ0v) is 63.3. The third kappa shape index (κ3) is 73.6. The predicted molar refractivity (Wildman–Crippen MR) is 407 cm³/mol. The van der Waals surface area contributed by atoms with Crippen molar-refractivity contribution in [1.82, 2.24) is 20.9 Å². The second-order valence-electron chi connectivity index (χ2n) is 30.5. The van der Waals surface area contributed by atoms with Crippen molar-refractivity contribution >= 4 is 0 Å². The highest BCUT2D eigenvalue weighted by molar-refractivity contribution is 4.73. The maximum Gasteiger partial charge on any atom is 0.0791 e. The number of unbranched alkanes of at least 4 members (excludes halogenated alkanes) is 54. The summed E-state index contributed by atoms with van der Waals surface area (Å²) in [5.41, 5.74) is 0. The fourth-order valence-electron chi connectivity index (χ4n) is 14.4. The van der Waals surface area contributed by atoms with E-state index in [1.807, 2.05) is 0 Å². The van der Waals surface area contributed by atoms with Crippen LogP contribution in [0.5, 0.6) is 0 Å². The van der Waals surface area contributed by atoms with Gasteiger partial charge in [-0.15, -0.1) is 0 Å². The molecule has 6 nitrogen and oxygen atoms in total. The zero-order valence-electron chi connectivity index (χ0n) is 63.3. The van der Waals surface area contributed by atoms with Crippen LogP contribution in [0.2, 0.25) is 0 Å². The summed E-state index contributed by atoms with van der Waals surface area (Å²) < 4.78 is 0. The van der Waals surface area contributed by atoms with Crippen molar-refractivity contribution in [2.24, 2.45) is 11.8 Å². The normalized spacial score (nSPS) is 13.7. The summed E-state index contributed by atoms with van der Waals surface area (Å²) in [7, 11) is 0. The minimum absolute atomic E-state index is 0.250. The Labute approximate surface area is 569 Å². The van der Waals surface area contributed by atoms with E-state index in [-0.39, 0.29) is 12.2 Å². The van der Waals surface area contributed by atoms with Crippen molar-refractivity contribution < 1.29 is 10.2 Å². The average molecular weight is 1270 g/mol. The Kier molecular flexibility index (Phi) is 77.6. The van der Waals surface area contributed by atoms with E-state index in [1.54, 1.807) is 0 Å². The van der Waals surface area contributed by atoms with Gasteiger partial charge in [0.15, 0.2) is 0 Å². The van der Waals surface area contributed by atoms with Gasteiger partial charge in [0, 0.05) is 25.7 Å². The lowest BCUT2D eigenvalue weighted by atomic mass is 9.89. The first-order chi connectivity index (χ1) is 44.4. The number of nitrogens with zero attached hydrogens (tertiary/aromatic N) is 1. The van der Waals surface area contributed by atoms with E-state index < -0.39 is 0 Å². The van der Waals surface area contributed by atoms with E-state index in [1.165, 1.54) is 405 Å². The molecule has 0 aliphatic rings. The van der Waals surface area contributed by atoms with Gasteiger partial charge in [-0.1, -0.05) is 413 Å². The minimum Gasteiger partial charge on any atom is -0.392 e. The molecular formula is C84H174N4O2. The summed E-state index contributed by atoms with van der Waals surface area (Å²) in [4.78, 5) is 2.62. The molecule has 542 valence electrons. The van der Waals surface area contributed by atoms with Crippen LogP contribution in [0.25, 0.3) is 0 Å². The lowest BCUT2D eigenvalue weighted by Gasteiger charge is -2.26. The number of hydrogen-bond acceptors (Lipinski definition) is 6. The number of aliphatic hydroxyl groups excluding tert-OH is 2. The smallest absolute Gasteiger partial charge is 0.0791 e. The number of rotatable bonds is 81. The predicted octanol–water partition coefficient (Wildman–Crippen LogP) is 25.9. The molecule has 6 heteroatoms. The molecule has 0 saturated heterocycles. The van der Waals surface area contributed by atoms with Gasteiger partial charge in [-0.3, -0.25) is 0 Å². The molecule has 0 radical (unpaired) electrons. The topological polar surface area (TPSA) is 79.8 Å². The van der Waals surface area contributed by atoms with Crippen LogP contribution in [0.1, 0.15) is 459 Å². The van der Waals surface area contributed by atoms with E-state index in [0.29, 0.717) is 18.5 Å². The van der Waals surface area contributed by atoms with Crippen molar-refractivity contribution in [3.8, 4) is 0 Å². The monoisotopic (exact) mass is 1270 g/mol. The maximum absolute atomic E-state index is 11.5. The second kappa shape index (κ2) is 77.8. The molecule has 5 N–H and O–H groups in total. The highest BCUT2D eigenvalue weighted by Gasteiger charge is 2.17. The minimum atomic E-state index is -0.330. The van der Waals surface area contributed by atoms with Gasteiger partial charge >= 0.3 is 0 Å². The molecule has 0 bridgehead atoms. The van der Waals surface area contributed by atoms with Crippen LogP contribution in [0.3, 0.4) is 0 Å². The number of aliphatic hydroxyl groups is 2. The molecule has 0 saturated carbocycles. The summed E-state index contributed by atoms with van der Waals surface area (Å²) in [5.74, 6) is 1.37. The third-order valence-electron chi connectivity index (χ3n) is 20.9. The van der Waals surface area contributed by atoms with Gasteiger partial charge in [0.05, 0.1) is 12.2 Å². The summed E-state index contributed by atoms with van der Waals surface area (Å²) >= 11 is 0. The van der Waals surface area contributed by atoms with E-state index in [4.69, 9.17) is 0 Å². The Hall–Kier alpha value is -0.240. The molecule has 0 aliphatic heterocycles. The van der Waals surface area contributed by atoms with Crippen molar-refractivity contribution in [2.45, 2.75) is 477 Å². The van der Waals surface area contributed by atoms with Crippen molar-refractivity contribution in [2.75, 3.05) is 52.4 Å². The molecule has 0 fully saturated rings. The summed E-state index contributed by atoms with van der Waals surface area (Å²) in [6, 6.07) is 0.510. The van der Waals surface area contributed by atoms with Crippen LogP contribution < -0.4 is 16.0 Å². The summed E-state index contributed by atoms with van der Waals surface area (Å²) in [6.07, 6.45) is 89.5. The van der Waals surface area contributed by atoms with E-state index in [0.717, 1.165) is 64.6 Å². The number of nitrogens with one attached hydrogen (secondary N) is 3. The highest BCUT2D eigenvalue weighted by Crippen LogP contribution is 2.25. The Morgan fingerprint density at radius 2 is 0.533 bits per heavy atom. The summed E-state index contributed by atoms with van der Waals surface area (Å²) in [5, 5.41) is 34.0. The van der Waals surface area contributed by atoms with Gasteiger partial charge in [-0.25, -0.2) is 0 Å². The van der Waals surface area contributed by atoms with Crippen LogP contribution in [-0.4, -0.2) is 85.7 Å². The summed E-state index contributed by atoms with van der Waals surface area (Å²) in [6.45, 7) is 21.6. The highest BCUT2D eigenvalue weighted by atomic mass is 16.3. The molecular weight excluding hydrogens is 1100 g/mol. The average Bonchev–Trinajstić information content (AvgIpc) is 3.70. The van der Waals surface area contributed by atoms with Gasteiger partial charge < -0.3 is 31.1 Å². The lowest BCUT2D eigenvalue weighted by molar-refractivity contribution is 0.107. The molecule has 0 aromatic heterocycles.